The molecule has 20 heavy (non-hydrogen) atoms. The fourth-order valence-electron chi connectivity index (χ4n) is 2.12. The second kappa shape index (κ2) is 6.10. The highest BCUT2D eigenvalue weighted by atomic mass is 32.2. The maximum Gasteiger partial charge on any atom is 0.264 e. The molecule has 1 aromatic rings. The number of sulfonamides is 1. The van der Waals surface area contributed by atoms with Crippen LogP contribution in [0.4, 0.5) is 8.78 Å². The van der Waals surface area contributed by atoms with Gasteiger partial charge in [-0.05, 0) is 12.8 Å². The molecule has 0 atom stereocenters. The average molecular weight is 310 g/mol. The van der Waals surface area contributed by atoms with E-state index in [9.17, 15) is 17.2 Å². The normalized spacial score (nSPS) is 18.1. The molecule has 1 aromatic heterocycles. The van der Waals surface area contributed by atoms with Crippen LogP contribution in [0.2, 0.25) is 0 Å². The predicted molar refractivity (Wildman–Crippen MR) is 64.7 cm³/mol. The molecule has 0 amide bonds. The first kappa shape index (κ1) is 15.3. The van der Waals surface area contributed by atoms with E-state index in [4.69, 9.17) is 4.74 Å². The van der Waals surface area contributed by atoms with Crippen LogP contribution >= 0.6 is 0 Å². The van der Waals surface area contributed by atoms with Crippen LogP contribution in [0.3, 0.4) is 0 Å². The van der Waals surface area contributed by atoms with Gasteiger partial charge in [-0.1, -0.05) is 0 Å². The summed E-state index contributed by atoms with van der Waals surface area (Å²) in [6, 6.07) is -0.496. The maximum absolute atomic E-state index is 12.7. The van der Waals surface area contributed by atoms with Crippen LogP contribution in [-0.4, -0.2) is 59.9 Å². The number of halogens is 2. The summed E-state index contributed by atoms with van der Waals surface area (Å²) in [7, 11) is -2.61. The standard InChI is InChI=1S/C10H16F2N4O3S/c1-15-13-6-10(14-15)20(17,18)16(7-9(11)12)8-2-4-19-5-3-8/h6,8-9H,2-5,7H2,1H3. The fraction of sp³-hybridized carbons (Fsp3) is 0.800. The molecule has 0 saturated carbocycles. The second-order valence-electron chi connectivity index (χ2n) is 4.48. The van der Waals surface area contributed by atoms with E-state index in [0.717, 1.165) is 15.3 Å². The zero-order chi connectivity index (χ0) is 14.8. The van der Waals surface area contributed by atoms with Gasteiger partial charge in [0.1, 0.15) is 0 Å². The lowest BCUT2D eigenvalue weighted by Gasteiger charge is -2.32. The third kappa shape index (κ3) is 3.30. The Balaban J connectivity index is 2.29. The highest BCUT2D eigenvalue weighted by Gasteiger charge is 2.36. The molecule has 1 saturated heterocycles. The van der Waals surface area contributed by atoms with Gasteiger partial charge < -0.3 is 4.74 Å². The van der Waals surface area contributed by atoms with Gasteiger partial charge in [-0.3, -0.25) is 0 Å². The smallest absolute Gasteiger partial charge is 0.264 e. The molecule has 1 aliphatic heterocycles. The minimum absolute atomic E-state index is 0.313. The van der Waals surface area contributed by atoms with Gasteiger partial charge in [0.2, 0.25) is 5.03 Å². The molecule has 2 heterocycles. The van der Waals surface area contributed by atoms with Gasteiger partial charge in [0.25, 0.3) is 16.4 Å². The van der Waals surface area contributed by atoms with Crippen molar-refractivity contribution in [2.75, 3.05) is 19.8 Å². The van der Waals surface area contributed by atoms with E-state index >= 15 is 0 Å². The lowest BCUT2D eigenvalue weighted by atomic mass is 10.1. The summed E-state index contributed by atoms with van der Waals surface area (Å²) < 4.78 is 56.2. The second-order valence-corrected chi connectivity index (χ2v) is 6.32. The lowest BCUT2D eigenvalue weighted by molar-refractivity contribution is 0.0395. The summed E-state index contributed by atoms with van der Waals surface area (Å²) in [5.74, 6) is 0. The van der Waals surface area contributed by atoms with E-state index in [0.29, 0.717) is 26.1 Å². The molecule has 1 fully saturated rings. The number of aryl methyl sites for hydroxylation is 1. The minimum atomic E-state index is -4.07. The fourth-order valence-corrected chi connectivity index (χ4v) is 3.67. The zero-order valence-electron chi connectivity index (χ0n) is 10.9. The SMILES string of the molecule is Cn1ncc(S(=O)(=O)N(CC(F)F)C2CCOCC2)n1. The van der Waals surface area contributed by atoms with Gasteiger partial charge in [-0.25, -0.2) is 17.2 Å². The molecule has 0 spiro atoms. The van der Waals surface area contributed by atoms with E-state index < -0.39 is 29.0 Å². The van der Waals surface area contributed by atoms with Crippen LogP contribution in [0.25, 0.3) is 0 Å². The molecule has 1 aliphatic rings. The summed E-state index contributed by atoms with van der Waals surface area (Å²) >= 11 is 0. The molecule has 0 N–H and O–H groups in total. The summed E-state index contributed by atoms with van der Waals surface area (Å²) in [5, 5.41) is 7.07. The Morgan fingerprint density at radius 2 is 2.15 bits per heavy atom. The van der Waals surface area contributed by atoms with Crippen molar-refractivity contribution in [3.8, 4) is 0 Å². The quantitative estimate of drug-likeness (QED) is 0.779. The molecule has 0 bridgehead atoms. The zero-order valence-corrected chi connectivity index (χ0v) is 11.8. The summed E-state index contributed by atoms with van der Waals surface area (Å²) in [5.41, 5.74) is 0. The van der Waals surface area contributed by atoms with Crippen LogP contribution in [0.5, 0.6) is 0 Å². The molecule has 0 aliphatic carbocycles. The van der Waals surface area contributed by atoms with Crippen molar-refractivity contribution in [1.29, 1.82) is 0 Å². The number of hydrogen-bond acceptors (Lipinski definition) is 5. The first-order chi connectivity index (χ1) is 9.41. The van der Waals surface area contributed by atoms with Crippen molar-refractivity contribution < 1.29 is 21.9 Å². The first-order valence-electron chi connectivity index (χ1n) is 6.15. The third-order valence-electron chi connectivity index (χ3n) is 3.07. The number of ether oxygens (including phenoxy) is 1. The number of rotatable bonds is 5. The van der Waals surface area contributed by atoms with Gasteiger partial charge >= 0.3 is 0 Å². The molecule has 0 radical (unpaired) electrons. The number of nitrogens with zero attached hydrogens (tertiary/aromatic N) is 4. The van der Waals surface area contributed by atoms with Crippen molar-refractivity contribution in [2.24, 2.45) is 7.05 Å². The van der Waals surface area contributed by atoms with Crippen LogP contribution in [0.15, 0.2) is 11.2 Å². The monoisotopic (exact) mass is 310 g/mol. The number of alkyl halides is 2. The van der Waals surface area contributed by atoms with E-state index in [1.165, 1.54) is 7.05 Å². The Morgan fingerprint density at radius 1 is 1.50 bits per heavy atom. The Bertz CT molecular complexity index is 542. The van der Waals surface area contributed by atoms with E-state index in [1.807, 2.05) is 0 Å². The van der Waals surface area contributed by atoms with Crippen LogP contribution < -0.4 is 0 Å². The maximum atomic E-state index is 12.7. The molecule has 10 heteroatoms. The molecule has 7 nitrogen and oxygen atoms in total. The van der Waals surface area contributed by atoms with E-state index in [1.54, 1.807) is 0 Å². The van der Waals surface area contributed by atoms with Gasteiger partial charge in [-0.2, -0.15) is 14.2 Å². The Kier molecular flexibility index (Phi) is 4.66. The van der Waals surface area contributed by atoms with Crippen molar-refractivity contribution in [3.05, 3.63) is 6.20 Å². The topological polar surface area (TPSA) is 77.3 Å². The van der Waals surface area contributed by atoms with Crippen molar-refractivity contribution >= 4 is 10.0 Å². The highest BCUT2D eigenvalue weighted by Crippen LogP contribution is 2.23. The summed E-state index contributed by atoms with van der Waals surface area (Å²) in [6.45, 7) is -0.121. The van der Waals surface area contributed by atoms with Crippen LogP contribution in [0, 0.1) is 0 Å². The third-order valence-corrected chi connectivity index (χ3v) is 4.85. The molecule has 0 aromatic carbocycles. The van der Waals surface area contributed by atoms with Gasteiger partial charge in [0.15, 0.2) is 0 Å². The van der Waals surface area contributed by atoms with Crippen LogP contribution in [0.1, 0.15) is 12.8 Å². The lowest BCUT2D eigenvalue weighted by Crippen LogP contribution is -2.45. The molecular weight excluding hydrogens is 294 g/mol. The summed E-state index contributed by atoms with van der Waals surface area (Å²) in [4.78, 5) is 1.08. The first-order valence-corrected chi connectivity index (χ1v) is 7.59. The van der Waals surface area contributed by atoms with Gasteiger partial charge in [-0.15, -0.1) is 5.10 Å². The van der Waals surface area contributed by atoms with E-state index in [-0.39, 0.29) is 5.03 Å². The molecular formula is C10H16F2N4O3S. The van der Waals surface area contributed by atoms with Gasteiger partial charge in [0.05, 0.1) is 12.7 Å². The van der Waals surface area contributed by atoms with Crippen molar-refractivity contribution in [1.82, 2.24) is 19.3 Å². The van der Waals surface area contributed by atoms with Crippen LogP contribution in [-0.2, 0) is 21.8 Å². The molecule has 2 rings (SSSR count). The summed E-state index contributed by atoms with van der Waals surface area (Å²) in [6.07, 6.45) is -0.893. The number of hydrogen-bond donors (Lipinski definition) is 0. The molecule has 114 valence electrons. The highest BCUT2D eigenvalue weighted by molar-refractivity contribution is 7.89. The van der Waals surface area contributed by atoms with Crippen molar-refractivity contribution in [3.63, 3.8) is 0 Å². The average Bonchev–Trinajstić information content (AvgIpc) is 2.84. The number of aromatic nitrogens is 3. The Morgan fingerprint density at radius 3 is 2.65 bits per heavy atom. The van der Waals surface area contributed by atoms with E-state index in [2.05, 4.69) is 10.2 Å². The molecule has 0 unspecified atom stereocenters. The minimum Gasteiger partial charge on any atom is -0.381 e. The van der Waals surface area contributed by atoms with Gasteiger partial charge in [0, 0.05) is 26.3 Å². The Labute approximate surface area is 115 Å². The largest absolute Gasteiger partial charge is 0.381 e. The van der Waals surface area contributed by atoms with Crippen molar-refractivity contribution in [2.45, 2.75) is 30.3 Å². The Hall–Kier alpha value is -1.13. The predicted octanol–water partition coefficient (Wildman–Crippen LogP) is 0.250.